The summed E-state index contributed by atoms with van der Waals surface area (Å²) >= 11 is 6.07. The monoisotopic (exact) mass is 394 g/mol. The Balaban J connectivity index is 1.52. The van der Waals surface area contributed by atoms with Crippen LogP contribution in [0.15, 0.2) is 77.9 Å². The number of anilines is 1. The molecule has 0 spiro atoms. The van der Waals surface area contributed by atoms with Crippen molar-refractivity contribution >= 4 is 29.5 Å². The zero-order valence-electron chi connectivity index (χ0n) is 15.3. The molecule has 142 valence electrons. The Kier molecular flexibility index (Phi) is 6.65. The minimum absolute atomic E-state index is 0.353. The SMILES string of the molecule is COC(=O)c1ccc(COc2ccc(/C=N\Nc3ccccc3Cl)cc2)cc1. The number of ether oxygens (including phenoxy) is 2. The highest BCUT2D eigenvalue weighted by atomic mass is 35.5. The van der Waals surface area contributed by atoms with Crippen LogP contribution in [0.1, 0.15) is 21.5 Å². The van der Waals surface area contributed by atoms with Crippen molar-refractivity contribution in [2.75, 3.05) is 12.5 Å². The summed E-state index contributed by atoms with van der Waals surface area (Å²) in [5.41, 5.74) is 6.06. The van der Waals surface area contributed by atoms with E-state index in [1.165, 1.54) is 7.11 Å². The Morgan fingerprint density at radius 1 is 1.04 bits per heavy atom. The molecule has 0 radical (unpaired) electrons. The van der Waals surface area contributed by atoms with Crippen molar-refractivity contribution in [2.24, 2.45) is 5.10 Å². The van der Waals surface area contributed by atoms with Gasteiger partial charge in [0, 0.05) is 0 Å². The van der Waals surface area contributed by atoms with E-state index in [1.54, 1.807) is 24.4 Å². The van der Waals surface area contributed by atoms with E-state index in [9.17, 15) is 4.79 Å². The summed E-state index contributed by atoms with van der Waals surface area (Å²) in [6.45, 7) is 0.406. The highest BCUT2D eigenvalue weighted by molar-refractivity contribution is 6.33. The number of methoxy groups -OCH3 is 1. The average molecular weight is 395 g/mol. The highest BCUT2D eigenvalue weighted by Crippen LogP contribution is 2.20. The van der Waals surface area contributed by atoms with Gasteiger partial charge < -0.3 is 9.47 Å². The van der Waals surface area contributed by atoms with E-state index in [0.29, 0.717) is 17.2 Å². The van der Waals surface area contributed by atoms with Crippen molar-refractivity contribution in [1.29, 1.82) is 0 Å². The lowest BCUT2D eigenvalue weighted by Gasteiger charge is -2.07. The lowest BCUT2D eigenvalue weighted by molar-refractivity contribution is 0.0600. The quantitative estimate of drug-likeness (QED) is 0.342. The van der Waals surface area contributed by atoms with E-state index in [2.05, 4.69) is 15.3 Å². The van der Waals surface area contributed by atoms with Crippen molar-refractivity contribution in [3.63, 3.8) is 0 Å². The van der Waals surface area contributed by atoms with Crippen molar-refractivity contribution in [1.82, 2.24) is 0 Å². The van der Waals surface area contributed by atoms with Gasteiger partial charge in [-0.05, 0) is 59.7 Å². The van der Waals surface area contributed by atoms with Crippen LogP contribution in [-0.2, 0) is 11.3 Å². The van der Waals surface area contributed by atoms with Gasteiger partial charge in [-0.15, -0.1) is 0 Å². The summed E-state index contributed by atoms with van der Waals surface area (Å²) in [5.74, 6) is 0.391. The fourth-order valence-corrected chi connectivity index (χ4v) is 2.58. The van der Waals surface area contributed by atoms with Crippen molar-refractivity contribution in [3.8, 4) is 5.75 Å². The van der Waals surface area contributed by atoms with Crippen LogP contribution >= 0.6 is 11.6 Å². The number of benzene rings is 3. The Hall–Kier alpha value is -3.31. The second-order valence-electron chi connectivity index (χ2n) is 5.90. The molecule has 0 saturated carbocycles. The molecule has 0 aliphatic rings. The molecular formula is C22H19ClN2O3. The van der Waals surface area contributed by atoms with Crippen LogP contribution in [0.4, 0.5) is 5.69 Å². The van der Waals surface area contributed by atoms with Crippen LogP contribution in [0.3, 0.4) is 0 Å². The zero-order chi connectivity index (χ0) is 19.8. The first-order chi connectivity index (χ1) is 13.7. The van der Waals surface area contributed by atoms with Crippen LogP contribution in [-0.4, -0.2) is 19.3 Å². The predicted octanol–water partition coefficient (Wildman–Crippen LogP) is 5.15. The fraction of sp³-hybridized carbons (Fsp3) is 0.0909. The molecule has 5 nitrogen and oxygen atoms in total. The molecule has 0 fully saturated rings. The predicted molar refractivity (Wildman–Crippen MR) is 111 cm³/mol. The van der Waals surface area contributed by atoms with Gasteiger partial charge in [0.2, 0.25) is 0 Å². The van der Waals surface area contributed by atoms with Crippen LogP contribution in [0.25, 0.3) is 0 Å². The Labute approximate surface area is 168 Å². The Morgan fingerprint density at radius 3 is 2.43 bits per heavy atom. The molecule has 3 aromatic rings. The lowest BCUT2D eigenvalue weighted by atomic mass is 10.1. The van der Waals surface area contributed by atoms with Gasteiger partial charge in [-0.25, -0.2) is 4.79 Å². The third-order valence-electron chi connectivity index (χ3n) is 3.93. The van der Waals surface area contributed by atoms with Crippen molar-refractivity contribution in [3.05, 3.63) is 94.5 Å². The van der Waals surface area contributed by atoms with Gasteiger partial charge in [0.1, 0.15) is 12.4 Å². The summed E-state index contributed by atoms with van der Waals surface area (Å²) in [6.07, 6.45) is 1.71. The fourth-order valence-electron chi connectivity index (χ4n) is 2.40. The summed E-state index contributed by atoms with van der Waals surface area (Å²) in [7, 11) is 1.36. The maximum atomic E-state index is 11.4. The van der Waals surface area contributed by atoms with Gasteiger partial charge in [-0.2, -0.15) is 5.10 Å². The molecule has 0 bridgehead atoms. The molecule has 28 heavy (non-hydrogen) atoms. The van der Waals surface area contributed by atoms with Crippen LogP contribution in [0, 0.1) is 0 Å². The maximum absolute atomic E-state index is 11.4. The summed E-state index contributed by atoms with van der Waals surface area (Å²) in [4.78, 5) is 11.4. The molecule has 3 rings (SSSR count). The van der Waals surface area contributed by atoms with E-state index in [1.807, 2.05) is 54.6 Å². The van der Waals surface area contributed by atoms with Gasteiger partial charge in [0.15, 0.2) is 0 Å². The molecule has 0 aliphatic heterocycles. The zero-order valence-corrected chi connectivity index (χ0v) is 16.0. The molecular weight excluding hydrogens is 376 g/mol. The lowest BCUT2D eigenvalue weighted by Crippen LogP contribution is -2.02. The number of rotatable bonds is 7. The molecule has 0 aliphatic carbocycles. The number of halogens is 1. The first-order valence-corrected chi connectivity index (χ1v) is 8.97. The number of hydrogen-bond acceptors (Lipinski definition) is 5. The number of esters is 1. The molecule has 6 heteroatoms. The molecule has 0 amide bonds. The number of carbonyl (C=O) groups excluding carboxylic acids is 1. The average Bonchev–Trinajstić information content (AvgIpc) is 2.74. The number of hydrogen-bond donors (Lipinski definition) is 1. The molecule has 0 saturated heterocycles. The molecule has 1 N–H and O–H groups in total. The first kappa shape index (κ1) is 19.5. The minimum atomic E-state index is -0.353. The van der Waals surface area contributed by atoms with Crippen molar-refractivity contribution < 1.29 is 14.3 Å². The third kappa shape index (κ3) is 5.34. The first-order valence-electron chi connectivity index (χ1n) is 8.59. The normalized spacial score (nSPS) is 10.6. The molecule has 0 unspecified atom stereocenters. The van der Waals surface area contributed by atoms with E-state index in [4.69, 9.17) is 16.3 Å². The largest absolute Gasteiger partial charge is 0.489 e. The number of hydrazone groups is 1. The molecule has 3 aromatic carbocycles. The second-order valence-corrected chi connectivity index (χ2v) is 6.30. The van der Waals surface area contributed by atoms with E-state index < -0.39 is 0 Å². The number of nitrogens with one attached hydrogen (secondary N) is 1. The summed E-state index contributed by atoms with van der Waals surface area (Å²) < 4.78 is 10.5. The maximum Gasteiger partial charge on any atom is 0.337 e. The van der Waals surface area contributed by atoms with E-state index in [0.717, 1.165) is 22.6 Å². The number of para-hydroxylation sites is 1. The van der Waals surface area contributed by atoms with Gasteiger partial charge >= 0.3 is 5.97 Å². The standard InChI is InChI=1S/C22H19ClN2O3/c1-27-22(26)18-10-6-17(7-11-18)15-28-19-12-8-16(9-13-19)14-24-25-21-5-3-2-4-20(21)23/h2-14,25H,15H2,1H3/b24-14-. The minimum Gasteiger partial charge on any atom is -0.489 e. The Morgan fingerprint density at radius 2 is 1.75 bits per heavy atom. The van der Waals surface area contributed by atoms with Crippen LogP contribution in [0.5, 0.6) is 5.75 Å². The number of carbonyl (C=O) groups is 1. The van der Waals surface area contributed by atoms with Crippen LogP contribution in [0.2, 0.25) is 5.02 Å². The molecule has 0 atom stereocenters. The van der Waals surface area contributed by atoms with E-state index >= 15 is 0 Å². The third-order valence-corrected chi connectivity index (χ3v) is 4.26. The van der Waals surface area contributed by atoms with Gasteiger partial charge in [0.25, 0.3) is 0 Å². The number of nitrogens with zero attached hydrogens (tertiary/aromatic N) is 1. The van der Waals surface area contributed by atoms with E-state index in [-0.39, 0.29) is 5.97 Å². The smallest absolute Gasteiger partial charge is 0.337 e. The second kappa shape index (κ2) is 9.58. The van der Waals surface area contributed by atoms with Crippen LogP contribution < -0.4 is 10.2 Å². The molecule has 0 heterocycles. The van der Waals surface area contributed by atoms with Gasteiger partial charge in [0.05, 0.1) is 29.6 Å². The Bertz CT molecular complexity index is 954. The highest BCUT2D eigenvalue weighted by Gasteiger charge is 2.04. The van der Waals surface area contributed by atoms with Gasteiger partial charge in [-0.3, -0.25) is 5.43 Å². The topological polar surface area (TPSA) is 59.9 Å². The molecule has 0 aromatic heterocycles. The summed E-state index contributed by atoms with van der Waals surface area (Å²) in [5, 5.41) is 4.80. The summed E-state index contributed by atoms with van der Waals surface area (Å²) in [6, 6.07) is 22.1. The van der Waals surface area contributed by atoms with Gasteiger partial charge in [-0.1, -0.05) is 35.9 Å². The van der Waals surface area contributed by atoms with Crippen molar-refractivity contribution in [2.45, 2.75) is 6.61 Å².